The van der Waals surface area contributed by atoms with Gasteiger partial charge in [0, 0.05) is 26.1 Å². The van der Waals surface area contributed by atoms with E-state index >= 15 is 0 Å². The zero-order valence-electron chi connectivity index (χ0n) is 14.9. The molecule has 1 aliphatic rings. The highest BCUT2D eigenvalue weighted by molar-refractivity contribution is 7.17. The van der Waals surface area contributed by atoms with E-state index in [1.165, 1.54) is 4.70 Å². The Balaban J connectivity index is 1.59. The lowest BCUT2D eigenvalue weighted by Crippen LogP contribution is -2.36. The second-order valence-corrected chi connectivity index (χ2v) is 7.80. The molecule has 1 aliphatic heterocycles. The van der Waals surface area contributed by atoms with E-state index in [4.69, 9.17) is 0 Å². The Kier molecular flexibility index (Phi) is 4.39. The number of fused-ring (bicyclic) bond motifs is 1. The molecule has 25 heavy (non-hydrogen) atoms. The van der Waals surface area contributed by atoms with Gasteiger partial charge in [0.15, 0.2) is 0 Å². The fourth-order valence-corrected chi connectivity index (χ4v) is 4.39. The van der Waals surface area contributed by atoms with Crippen LogP contribution in [0, 0.1) is 0 Å². The van der Waals surface area contributed by atoms with Crippen molar-refractivity contribution in [1.29, 1.82) is 0 Å². The van der Waals surface area contributed by atoms with Crippen LogP contribution in [0.25, 0.3) is 10.2 Å². The van der Waals surface area contributed by atoms with Crippen LogP contribution in [0.3, 0.4) is 0 Å². The summed E-state index contributed by atoms with van der Waals surface area (Å²) >= 11 is 1.71. The molecule has 7 nitrogen and oxygen atoms in total. The summed E-state index contributed by atoms with van der Waals surface area (Å²) in [4.78, 5) is 13.4. The van der Waals surface area contributed by atoms with Crippen molar-refractivity contribution in [2.24, 2.45) is 7.05 Å². The van der Waals surface area contributed by atoms with Gasteiger partial charge in [-0.15, -0.1) is 21.5 Å². The van der Waals surface area contributed by atoms with Crippen LogP contribution < -0.4 is 4.90 Å². The second-order valence-electron chi connectivity index (χ2n) is 6.89. The highest BCUT2D eigenvalue weighted by atomic mass is 32.1. The quantitative estimate of drug-likeness (QED) is 0.714. The van der Waals surface area contributed by atoms with Crippen molar-refractivity contribution in [1.82, 2.24) is 29.6 Å². The Labute approximate surface area is 151 Å². The predicted molar refractivity (Wildman–Crippen MR) is 100.0 cm³/mol. The minimum Gasteiger partial charge on any atom is -0.355 e. The molecule has 0 radical (unpaired) electrons. The van der Waals surface area contributed by atoms with Gasteiger partial charge in [-0.1, -0.05) is 0 Å². The van der Waals surface area contributed by atoms with E-state index in [9.17, 15) is 0 Å². The number of anilines is 1. The fourth-order valence-electron chi connectivity index (χ4n) is 3.53. The molecule has 8 heteroatoms. The van der Waals surface area contributed by atoms with E-state index in [2.05, 4.69) is 67.1 Å². The maximum Gasteiger partial charge on any atom is 0.150 e. The molecule has 4 heterocycles. The van der Waals surface area contributed by atoms with Crippen LogP contribution in [0.4, 0.5) is 5.82 Å². The first kappa shape index (κ1) is 16.4. The molecule has 0 spiro atoms. The summed E-state index contributed by atoms with van der Waals surface area (Å²) in [7, 11) is 6.19. The largest absolute Gasteiger partial charge is 0.355 e. The van der Waals surface area contributed by atoms with Crippen molar-refractivity contribution in [3.05, 3.63) is 29.4 Å². The molecule has 0 N–H and O–H groups in total. The SMILES string of the molecule is CN(C)Cc1nnc([C@@H]2CCCN(c3ncnc4ccsc34)C2)n1C. The van der Waals surface area contributed by atoms with Crippen LogP contribution in [0.5, 0.6) is 0 Å². The third-order valence-electron chi connectivity index (χ3n) is 4.77. The summed E-state index contributed by atoms with van der Waals surface area (Å²) in [6.07, 6.45) is 3.95. The molecule has 1 fully saturated rings. The Bertz CT molecular complexity index is 869. The van der Waals surface area contributed by atoms with E-state index in [1.807, 2.05) is 0 Å². The van der Waals surface area contributed by atoms with Crippen LogP contribution >= 0.6 is 11.3 Å². The molecule has 0 amide bonds. The number of rotatable bonds is 4. The normalized spacial score (nSPS) is 18.4. The van der Waals surface area contributed by atoms with Crippen LogP contribution in [0.2, 0.25) is 0 Å². The maximum atomic E-state index is 4.57. The van der Waals surface area contributed by atoms with Gasteiger partial charge in [-0.2, -0.15) is 0 Å². The number of nitrogens with zero attached hydrogens (tertiary/aromatic N) is 7. The minimum atomic E-state index is 0.382. The summed E-state index contributed by atoms with van der Waals surface area (Å²) in [6, 6.07) is 2.06. The van der Waals surface area contributed by atoms with Gasteiger partial charge in [-0.25, -0.2) is 9.97 Å². The van der Waals surface area contributed by atoms with E-state index in [0.717, 1.165) is 55.5 Å². The number of hydrogen-bond donors (Lipinski definition) is 0. The van der Waals surface area contributed by atoms with E-state index in [-0.39, 0.29) is 0 Å². The molecule has 3 aromatic heterocycles. The molecule has 0 bridgehead atoms. The maximum absolute atomic E-state index is 4.57. The third kappa shape index (κ3) is 3.11. The van der Waals surface area contributed by atoms with Crippen LogP contribution in [0.15, 0.2) is 17.8 Å². The van der Waals surface area contributed by atoms with Gasteiger partial charge in [0.2, 0.25) is 0 Å². The lowest BCUT2D eigenvalue weighted by Gasteiger charge is -2.33. The Hall–Kier alpha value is -2.06. The summed E-state index contributed by atoms with van der Waals surface area (Å²) in [6.45, 7) is 2.77. The third-order valence-corrected chi connectivity index (χ3v) is 5.67. The van der Waals surface area contributed by atoms with Crippen LogP contribution in [-0.4, -0.2) is 56.8 Å². The Morgan fingerprint density at radius 1 is 1.28 bits per heavy atom. The molecular formula is C17H23N7S. The summed E-state index contributed by atoms with van der Waals surface area (Å²) in [5.41, 5.74) is 1.03. The second kappa shape index (κ2) is 6.68. The van der Waals surface area contributed by atoms with Crippen molar-refractivity contribution in [3.8, 4) is 0 Å². The number of aromatic nitrogens is 5. The molecule has 0 saturated carbocycles. The zero-order valence-corrected chi connectivity index (χ0v) is 15.7. The van der Waals surface area contributed by atoms with Gasteiger partial charge in [0.25, 0.3) is 0 Å². The molecule has 0 unspecified atom stereocenters. The Morgan fingerprint density at radius 3 is 3.00 bits per heavy atom. The predicted octanol–water partition coefficient (Wildman–Crippen LogP) is 2.27. The van der Waals surface area contributed by atoms with Crippen LogP contribution in [-0.2, 0) is 13.6 Å². The first-order valence-corrected chi connectivity index (χ1v) is 9.47. The van der Waals surface area contributed by atoms with Gasteiger partial charge < -0.3 is 14.4 Å². The zero-order chi connectivity index (χ0) is 17.4. The summed E-state index contributed by atoms with van der Waals surface area (Å²) in [5.74, 6) is 3.53. The lowest BCUT2D eigenvalue weighted by molar-refractivity contribution is 0.382. The molecule has 4 rings (SSSR count). The molecule has 1 saturated heterocycles. The average molecular weight is 357 g/mol. The van der Waals surface area contributed by atoms with Crippen molar-refractivity contribution < 1.29 is 0 Å². The highest BCUT2D eigenvalue weighted by Gasteiger charge is 2.27. The van der Waals surface area contributed by atoms with Crippen molar-refractivity contribution in [2.75, 3.05) is 32.1 Å². The first-order valence-electron chi connectivity index (χ1n) is 8.59. The van der Waals surface area contributed by atoms with E-state index in [1.54, 1.807) is 17.7 Å². The summed E-state index contributed by atoms with van der Waals surface area (Å²) in [5, 5.41) is 11.0. The molecular weight excluding hydrogens is 334 g/mol. The average Bonchev–Trinajstić information content (AvgIpc) is 3.22. The number of hydrogen-bond acceptors (Lipinski definition) is 7. The van der Waals surface area contributed by atoms with Gasteiger partial charge in [0.05, 0.1) is 16.8 Å². The Morgan fingerprint density at radius 2 is 2.16 bits per heavy atom. The van der Waals surface area contributed by atoms with Crippen molar-refractivity contribution >= 4 is 27.4 Å². The smallest absolute Gasteiger partial charge is 0.150 e. The van der Waals surface area contributed by atoms with Gasteiger partial charge >= 0.3 is 0 Å². The topological polar surface area (TPSA) is 63.0 Å². The van der Waals surface area contributed by atoms with Gasteiger partial charge in [-0.3, -0.25) is 0 Å². The van der Waals surface area contributed by atoms with Crippen LogP contribution in [0.1, 0.15) is 30.4 Å². The standard InChI is InChI=1S/C17H23N7S/c1-22(2)10-14-20-21-16(23(14)3)12-5-4-7-24(9-12)17-15-13(6-8-25-15)18-11-19-17/h6,8,11-12H,4-5,7,9-10H2,1-3H3/t12-/m1/s1. The molecule has 0 aliphatic carbocycles. The van der Waals surface area contributed by atoms with Crippen molar-refractivity contribution in [3.63, 3.8) is 0 Å². The van der Waals surface area contributed by atoms with Gasteiger partial charge in [-0.05, 0) is 38.4 Å². The highest BCUT2D eigenvalue weighted by Crippen LogP contribution is 2.33. The molecule has 0 aromatic carbocycles. The number of thiophene rings is 1. The molecule has 1 atom stereocenters. The first-order chi connectivity index (χ1) is 12.1. The minimum absolute atomic E-state index is 0.382. The van der Waals surface area contributed by atoms with E-state index in [0.29, 0.717) is 5.92 Å². The molecule has 3 aromatic rings. The number of piperidine rings is 1. The van der Waals surface area contributed by atoms with Gasteiger partial charge in [0.1, 0.15) is 23.8 Å². The van der Waals surface area contributed by atoms with E-state index < -0.39 is 0 Å². The lowest BCUT2D eigenvalue weighted by atomic mass is 9.97. The monoisotopic (exact) mass is 357 g/mol. The van der Waals surface area contributed by atoms with Crippen molar-refractivity contribution in [2.45, 2.75) is 25.3 Å². The molecule has 132 valence electrons. The summed E-state index contributed by atoms with van der Waals surface area (Å²) < 4.78 is 3.34. The fraction of sp³-hybridized carbons (Fsp3) is 0.529.